The van der Waals surface area contributed by atoms with Crippen LogP contribution in [-0.2, 0) is 4.79 Å². The summed E-state index contributed by atoms with van der Waals surface area (Å²) in [5, 5.41) is 12.2. The Bertz CT molecular complexity index is 815. The van der Waals surface area contributed by atoms with Crippen molar-refractivity contribution in [2.24, 2.45) is 0 Å². The molecule has 2 aromatic rings. The summed E-state index contributed by atoms with van der Waals surface area (Å²) in [5.74, 6) is 1.02. The zero-order chi connectivity index (χ0) is 20.9. The predicted octanol–water partition coefficient (Wildman–Crippen LogP) is 5.73. The summed E-state index contributed by atoms with van der Waals surface area (Å²) in [5.41, 5.74) is 0.729. The molecular weight excluding hydrogens is 362 g/mol. The molecule has 2 aromatic carbocycles. The summed E-state index contributed by atoms with van der Waals surface area (Å²) < 4.78 is 5.75. The van der Waals surface area contributed by atoms with E-state index in [2.05, 4.69) is 24.1 Å². The monoisotopic (exact) mass is 391 g/mol. The van der Waals surface area contributed by atoms with Gasteiger partial charge in [0.2, 0.25) is 0 Å². The van der Waals surface area contributed by atoms with Gasteiger partial charge < -0.3 is 15.0 Å². The van der Waals surface area contributed by atoms with Crippen molar-refractivity contribution < 1.29 is 9.53 Å². The molecule has 5 heteroatoms. The van der Waals surface area contributed by atoms with Crippen LogP contribution in [0.2, 0.25) is 0 Å². The van der Waals surface area contributed by atoms with Crippen LogP contribution >= 0.6 is 0 Å². The fourth-order valence-corrected chi connectivity index (χ4v) is 2.71. The quantitative estimate of drug-likeness (QED) is 0.392. The Morgan fingerprint density at radius 3 is 2.14 bits per heavy atom. The van der Waals surface area contributed by atoms with Gasteiger partial charge in [-0.15, -0.1) is 0 Å². The fourth-order valence-electron chi connectivity index (χ4n) is 2.71. The summed E-state index contributed by atoms with van der Waals surface area (Å²) >= 11 is 0. The Morgan fingerprint density at radius 2 is 1.59 bits per heavy atom. The normalized spacial score (nSPS) is 10.9. The molecule has 1 N–H and O–H groups in total. The Morgan fingerprint density at radius 1 is 1.00 bits per heavy atom. The summed E-state index contributed by atoms with van der Waals surface area (Å²) in [4.78, 5) is 14.6. The number of carbonyl (C=O) groups is 1. The van der Waals surface area contributed by atoms with E-state index in [1.807, 2.05) is 36.4 Å². The van der Waals surface area contributed by atoms with E-state index in [-0.39, 0.29) is 5.57 Å². The summed E-state index contributed by atoms with van der Waals surface area (Å²) in [6.45, 7) is 5.95. The molecule has 0 fully saturated rings. The molecule has 0 unspecified atom stereocenters. The molecule has 0 spiro atoms. The zero-order valence-electron chi connectivity index (χ0n) is 17.2. The van der Waals surface area contributed by atoms with Gasteiger partial charge in [-0.1, -0.05) is 44.9 Å². The van der Waals surface area contributed by atoms with Crippen LogP contribution in [0.25, 0.3) is 0 Å². The molecule has 0 saturated carbocycles. The van der Waals surface area contributed by atoms with Crippen LogP contribution in [0.15, 0.2) is 66.4 Å². The van der Waals surface area contributed by atoms with Crippen LogP contribution in [0.4, 0.5) is 5.69 Å². The van der Waals surface area contributed by atoms with E-state index in [1.165, 1.54) is 0 Å². The highest BCUT2D eigenvalue weighted by molar-refractivity contribution is 6.06. The number of benzene rings is 2. The van der Waals surface area contributed by atoms with Gasteiger partial charge in [0.25, 0.3) is 5.91 Å². The van der Waals surface area contributed by atoms with Gasteiger partial charge in [-0.2, -0.15) is 5.26 Å². The molecule has 0 saturated heterocycles. The number of amides is 1. The molecular formula is C24H29N3O2. The second kappa shape index (κ2) is 12.2. The average molecular weight is 392 g/mol. The molecule has 0 atom stereocenters. The predicted molar refractivity (Wildman–Crippen MR) is 117 cm³/mol. The van der Waals surface area contributed by atoms with Gasteiger partial charge in [0.15, 0.2) is 0 Å². The second-order valence-corrected chi connectivity index (χ2v) is 6.79. The molecule has 29 heavy (non-hydrogen) atoms. The summed E-state index contributed by atoms with van der Waals surface area (Å²) in [6, 6.07) is 18.6. The van der Waals surface area contributed by atoms with E-state index in [0.29, 0.717) is 11.4 Å². The number of hydrogen-bond donors (Lipinski definition) is 1. The van der Waals surface area contributed by atoms with Gasteiger partial charge in [-0.05, 0) is 49.2 Å². The molecule has 0 radical (unpaired) electrons. The van der Waals surface area contributed by atoms with Crippen LogP contribution in [-0.4, -0.2) is 23.9 Å². The van der Waals surface area contributed by atoms with Crippen molar-refractivity contribution in [3.63, 3.8) is 0 Å². The van der Waals surface area contributed by atoms with E-state index in [0.717, 1.165) is 44.5 Å². The SMILES string of the molecule is CCCCN(/C=C(/C#N)C(=O)Nc1ccc(Oc2ccccc2)cc1)CCCC. The molecule has 0 aliphatic heterocycles. The van der Waals surface area contributed by atoms with Gasteiger partial charge in [-0.25, -0.2) is 0 Å². The lowest BCUT2D eigenvalue weighted by molar-refractivity contribution is -0.112. The zero-order valence-corrected chi connectivity index (χ0v) is 17.2. The number of nitrogens with one attached hydrogen (secondary N) is 1. The van der Waals surface area contributed by atoms with Crippen molar-refractivity contribution >= 4 is 11.6 Å². The van der Waals surface area contributed by atoms with Crippen LogP contribution in [0.1, 0.15) is 39.5 Å². The van der Waals surface area contributed by atoms with Crippen molar-refractivity contribution in [3.8, 4) is 17.6 Å². The van der Waals surface area contributed by atoms with Gasteiger partial charge >= 0.3 is 0 Å². The first-order valence-corrected chi connectivity index (χ1v) is 10.2. The van der Waals surface area contributed by atoms with Gasteiger partial charge in [-0.3, -0.25) is 4.79 Å². The summed E-state index contributed by atoms with van der Waals surface area (Å²) in [7, 11) is 0. The molecule has 2 rings (SSSR count). The highest BCUT2D eigenvalue weighted by Crippen LogP contribution is 2.22. The second-order valence-electron chi connectivity index (χ2n) is 6.79. The smallest absolute Gasteiger partial charge is 0.267 e. The summed E-state index contributed by atoms with van der Waals surface area (Å²) in [6.07, 6.45) is 5.89. The molecule has 5 nitrogen and oxygen atoms in total. The van der Waals surface area contributed by atoms with Crippen molar-refractivity contribution in [3.05, 3.63) is 66.4 Å². The van der Waals surface area contributed by atoms with Crippen molar-refractivity contribution in [1.29, 1.82) is 5.26 Å². The molecule has 1 amide bonds. The van der Waals surface area contributed by atoms with E-state index >= 15 is 0 Å². The number of para-hydroxylation sites is 1. The van der Waals surface area contributed by atoms with E-state index < -0.39 is 5.91 Å². The Hall–Kier alpha value is -3.26. The molecule has 0 aromatic heterocycles. The first-order valence-electron chi connectivity index (χ1n) is 10.2. The van der Waals surface area contributed by atoms with Crippen LogP contribution in [0.5, 0.6) is 11.5 Å². The number of nitrogens with zero attached hydrogens (tertiary/aromatic N) is 2. The molecule has 152 valence electrons. The van der Waals surface area contributed by atoms with E-state index in [9.17, 15) is 10.1 Å². The maximum atomic E-state index is 12.5. The highest BCUT2D eigenvalue weighted by Gasteiger charge is 2.12. The number of rotatable bonds is 11. The molecule has 0 bridgehead atoms. The fraction of sp³-hybridized carbons (Fsp3) is 0.333. The maximum absolute atomic E-state index is 12.5. The maximum Gasteiger partial charge on any atom is 0.267 e. The third-order valence-electron chi connectivity index (χ3n) is 4.37. The lowest BCUT2D eigenvalue weighted by Crippen LogP contribution is -2.23. The van der Waals surface area contributed by atoms with Crippen LogP contribution < -0.4 is 10.1 Å². The third kappa shape index (κ3) is 7.71. The number of anilines is 1. The Labute approximate surface area is 173 Å². The highest BCUT2D eigenvalue weighted by atomic mass is 16.5. The van der Waals surface area contributed by atoms with Crippen LogP contribution in [0, 0.1) is 11.3 Å². The number of nitriles is 1. The average Bonchev–Trinajstić information content (AvgIpc) is 2.75. The van der Waals surface area contributed by atoms with Crippen molar-refractivity contribution in [2.75, 3.05) is 18.4 Å². The van der Waals surface area contributed by atoms with Crippen molar-refractivity contribution in [1.82, 2.24) is 4.90 Å². The molecule has 0 aliphatic carbocycles. The Kier molecular flexibility index (Phi) is 9.31. The third-order valence-corrected chi connectivity index (χ3v) is 4.37. The minimum absolute atomic E-state index is 0.113. The Balaban J connectivity index is 2.01. The number of unbranched alkanes of at least 4 members (excludes halogenated alkanes) is 2. The van der Waals surface area contributed by atoms with Crippen molar-refractivity contribution in [2.45, 2.75) is 39.5 Å². The first-order chi connectivity index (χ1) is 14.2. The van der Waals surface area contributed by atoms with Crippen LogP contribution in [0.3, 0.4) is 0 Å². The minimum Gasteiger partial charge on any atom is -0.457 e. The van der Waals surface area contributed by atoms with Gasteiger partial charge in [0, 0.05) is 25.0 Å². The topological polar surface area (TPSA) is 65.4 Å². The van der Waals surface area contributed by atoms with Gasteiger partial charge in [0.1, 0.15) is 23.1 Å². The lowest BCUT2D eigenvalue weighted by atomic mass is 10.2. The molecule has 0 aliphatic rings. The molecule has 0 heterocycles. The minimum atomic E-state index is -0.401. The largest absolute Gasteiger partial charge is 0.457 e. The first kappa shape index (κ1) is 22.0. The van der Waals surface area contributed by atoms with Gasteiger partial charge in [0.05, 0.1) is 0 Å². The lowest BCUT2D eigenvalue weighted by Gasteiger charge is -2.20. The van der Waals surface area contributed by atoms with E-state index in [1.54, 1.807) is 30.5 Å². The standard InChI is InChI=1S/C24H29N3O2/c1-3-5-16-27(17-6-4-2)19-20(18-25)24(28)26-21-12-14-23(15-13-21)29-22-10-8-7-9-11-22/h7-15,19H,3-6,16-17H2,1-2H3,(H,26,28)/b20-19-. The number of ether oxygens (including phenoxy) is 1. The number of carbonyl (C=O) groups excluding carboxylic acids is 1. The number of hydrogen-bond acceptors (Lipinski definition) is 4. The van der Waals surface area contributed by atoms with E-state index in [4.69, 9.17) is 4.74 Å².